The molecule has 0 bridgehead atoms. The highest BCUT2D eigenvalue weighted by atomic mass is 16.1. The molecule has 15 heavy (non-hydrogen) atoms. The predicted molar refractivity (Wildman–Crippen MR) is 58.4 cm³/mol. The van der Waals surface area contributed by atoms with Crippen molar-refractivity contribution in [2.45, 2.75) is 18.9 Å². The molecule has 0 saturated heterocycles. The summed E-state index contributed by atoms with van der Waals surface area (Å²) in [5, 5.41) is 4.95. The average molecular weight is 205 g/mol. The smallest absolute Gasteiger partial charge is 0.226 e. The van der Waals surface area contributed by atoms with Crippen LogP contribution in [0, 0.1) is 0 Å². The molecule has 3 N–H and O–H groups in total. The summed E-state index contributed by atoms with van der Waals surface area (Å²) >= 11 is 0. The van der Waals surface area contributed by atoms with Crippen molar-refractivity contribution in [2.24, 2.45) is 0 Å². The van der Waals surface area contributed by atoms with Crippen LogP contribution >= 0.6 is 0 Å². The van der Waals surface area contributed by atoms with Gasteiger partial charge in [-0.1, -0.05) is 24.3 Å². The molecule has 1 aromatic rings. The number of fused-ring (bicyclic) bond motifs is 1. The fraction of sp³-hybridized carbons (Fsp3) is 0.417. The maximum absolute atomic E-state index is 11.4. The van der Waals surface area contributed by atoms with Crippen LogP contribution < -0.4 is 10.6 Å². The van der Waals surface area contributed by atoms with Gasteiger partial charge >= 0.3 is 0 Å². The van der Waals surface area contributed by atoms with Gasteiger partial charge in [0.1, 0.15) is 6.04 Å². The van der Waals surface area contributed by atoms with Crippen LogP contribution in [0.25, 0.3) is 0 Å². The highest BCUT2D eigenvalue weighted by Crippen LogP contribution is 2.20. The fourth-order valence-corrected chi connectivity index (χ4v) is 2.19. The van der Waals surface area contributed by atoms with Gasteiger partial charge in [-0.25, -0.2) is 0 Å². The number of hydrogen-bond acceptors (Lipinski definition) is 1. The van der Waals surface area contributed by atoms with E-state index in [4.69, 9.17) is 0 Å². The van der Waals surface area contributed by atoms with Crippen molar-refractivity contribution < 1.29 is 10.1 Å². The van der Waals surface area contributed by atoms with E-state index in [-0.39, 0.29) is 5.91 Å². The molecular weight excluding hydrogens is 188 g/mol. The number of carbonyl (C=O) groups excluding carboxylic acids is 1. The monoisotopic (exact) mass is 205 g/mol. The summed E-state index contributed by atoms with van der Waals surface area (Å²) in [4.78, 5) is 11.4. The number of carbonyl (C=O) groups is 1. The second-order valence-corrected chi connectivity index (χ2v) is 3.96. The maximum atomic E-state index is 11.4. The predicted octanol–water partition coefficient (Wildman–Crippen LogP) is -0.0167. The third-order valence-corrected chi connectivity index (χ3v) is 3.00. The Balaban J connectivity index is 2.18. The molecule has 0 saturated carbocycles. The van der Waals surface area contributed by atoms with Gasteiger partial charge in [-0.05, 0) is 5.56 Å². The Bertz CT molecular complexity index is 362. The fourth-order valence-electron chi connectivity index (χ4n) is 2.19. The molecule has 1 amide bonds. The van der Waals surface area contributed by atoms with E-state index in [1.54, 1.807) is 7.05 Å². The van der Waals surface area contributed by atoms with Gasteiger partial charge in [0.2, 0.25) is 5.91 Å². The maximum Gasteiger partial charge on any atom is 0.226 e. The zero-order chi connectivity index (χ0) is 10.7. The molecular formula is C12H17N2O+. The van der Waals surface area contributed by atoms with Gasteiger partial charge in [-0.3, -0.25) is 4.79 Å². The van der Waals surface area contributed by atoms with E-state index in [9.17, 15) is 4.79 Å². The standard InChI is InChI=1S/C12H16N2O/c1-13-12(15)8-11-10-5-3-2-4-9(10)6-7-14-11/h2-5,11,14H,6-8H2,1H3,(H,13,15)/p+1. The van der Waals surface area contributed by atoms with Gasteiger partial charge in [0, 0.05) is 19.0 Å². The molecule has 1 unspecified atom stereocenters. The van der Waals surface area contributed by atoms with Crippen molar-refractivity contribution in [3.05, 3.63) is 35.4 Å². The molecule has 1 heterocycles. The Hall–Kier alpha value is -1.35. The summed E-state index contributed by atoms with van der Waals surface area (Å²) in [5.41, 5.74) is 2.72. The SMILES string of the molecule is CNC(=O)CC1[NH2+]CCc2ccccc21. The Morgan fingerprint density at radius 3 is 3.13 bits per heavy atom. The van der Waals surface area contributed by atoms with Crippen LogP contribution in [-0.2, 0) is 11.2 Å². The number of nitrogens with one attached hydrogen (secondary N) is 1. The van der Waals surface area contributed by atoms with E-state index >= 15 is 0 Å². The first-order valence-corrected chi connectivity index (χ1v) is 5.43. The van der Waals surface area contributed by atoms with E-state index in [0.29, 0.717) is 12.5 Å². The zero-order valence-electron chi connectivity index (χ0n) is 8.99. The van der Waals surface area contributed by atoms with Crippen LogP contribution in [-0.4, -0.2) is 19.5 Å². The summed E-state index contributed by atoms with van der Waals surface area (Å²) in [5.74, 6) is 0.118. The van der Waals surface area contributed by atoms with E-state index in [1.165, 1.54) is 11.1 Å². The minimum atomic E-state index is 0.118. The van der Waals surface area contributed by atoms with Crippen LogP contribution in [0.5, 0.6) is 0 Å². The molecule has 2 rings (SSSR count). The topological polar surface area (TPSA) is 45.7 Å². The number of nitrogens with two attached hydrogens (primary N) is 1. The average Bonchev–Trinajstić information content (AvgIpc) is 2.29. The normalized spacial score (nSPS) is 19.4. The van der Waals surface area contributed by atoms with Gasteiger partial charge < -0.3 is 10.6 Å². The van der Waals surface area contributed by atoms with E-state index in [0.717, 1.165) is 13.0 Å². The third-order valence-electron chi connectivity index (χ3n) is 3.00. The van der Waals surface area contributed by atoms with Gasteiger partial charge in [-0.2, -0.15) is 0 Å². The lowest BCUT2D eigenvalue weighted by Gasteiger charge is -2.23. The lowest BCUT2D eigenvalue weighted by Crippen LogP contribution is -2.87. The molecule has 1 aromatic carbocycles. The van der Waals surface area contributed by atoms with Crippen molar-refractivity contribution in [1.82, 2.24) is 5.32 Å². The Labute approximate surface area is 89.9 Å². The zero-order valence-corrected chi connectivity index (χ0v) is 8.99. The number of hydrogen-bond donors (Lipinski definition) is 2. The van der Waals surface area contributed by atoms with Crippen molar-refractivity contribution in [3.8, 4) is 0 Å². The third kappa shape index (κ3) is 2.18. The first-order valence-electron chi connectivity index (χ1n) is 5.43. The Morgan fingerprint density at radius 2 is 2.33 bits per heavy atom. The van der Waals surface area contributed by atoms with Crippen molar-refractivity contribution in [1.29, 1.82) is 0 Å². The van der Waals surface area contributed by atoms with Crippen molar-refractivity contribution >= 4 is 5.91 Å². The van der Waals surface area contributed by atoms with Crippen LogP contribution in [0.1, 0.15) is 23.6 Å². The van der Waals surface area contributed by atoms with E-state index < -0.39 is 0 Å². The largest absolute Gasteiger partial charge is 0.359 e. The molecule has 3 heteroatoms. The number of quaternary nitrogens is 1. The number of amides is 1. The quantitative estimate of drug-likeness (QED) is 0.700. The first kappa shape index (κ1) is 10.2. The van der Waals surface area contributed by atoms with E-state index in [2.05, 4.69) is 34.9 Å². The van der Waals surface area contributed by atoms with Crippen LogP contribution in [0.4, 0.5) is 0 Å². The van der Waals surface area contributed by atoms with E-state index in [1.807, 2.05) is 0 Å². The van der Waals surface area contributed by atoms with Gasteiger partial charge in [0.05, 0.1) is 13.0 Å². The molecule has 1 aliphatic heterocycles. The Morgan fingerprint density at radius 1 is 1.53 bits per heavy atom. The number of rotatable bonds is 2. The molecule has 0 aromatic heterocycles. The highest BCUT2D eigenvalue weighted by molar-refractivity contribution is 5.76. The first-order chi connectivity index (χ1) is 7.31. The van der Waals surface area contributed by atoms with Crippen molar-refractivity contribution in [3.63, 3.8) is 0 Å². The highest BCUT2D eigenvalue weighted by Gasteiger charge is 2.24. The lowest BCUT2D eigenvalue weighted by molar-refractivity contribution is -0.698. The molecule has 0 spiro atoms. The minimum Gasteiger partial charge on any atom is -0.359 e. The van der Waals surface area contributed by atoms with Gasteiger partial charge in [0.25, 0.3) is 0 Å². The summed E-state index contributed by atoms with van der Waals surface area (Å²) in [6, 6.07) is 8.73. The van der Waals surface area contributed by atoms with Crippen LogP contribution in [0.15, 0.2) is 24.3 Å². The minimum absolute atomic E-state index is 0.118. The molecule has 1 aliphatic rings. The van der Waals surface area contributed by atoms with Crippen LogP contribution in [0.2, 0.25) is 0 Å². The van der Waals surface area contributed by atoms with Gasteiger partial charge in [-0.15, -0.1) is 0 Å². The van der Waals surface area contributed by atoms with Crippen molar-refractivity contribution in [2.75, 3.05) is 13.6 Å². The summed E-state index contributed by atoms with van der Waals surface area (Å²) < 4.78 is 0. The van der Waals surface area contributed by atoms with Gasteiger partial charge in [0.15, 0.2) is 0 Å². The molecule has 1 atom stereocenters. The lowest BCUT2D eigenvalue weighted by atomic mass is 9.92. The summed E-state index contributed by atoms with van der Waals surface area (Å²) in [6.45, 7) is 1.08. The number of benzene rings is 1. The molecule has 0 fully saturated rings. The van der Waals surface area contributed by atoms with Crippen LogP contribution in [0.3, 0.4) is 0 Å². The second-order valence-electron chi connectivity index (χ2n) is 3.96. The molecule has 80 valence electrons. The second kappa shape index (κ2) is 4.45. The molecule has 3 nitrogen and oxygen atoms in total. The molecule has 0 aliphatic carbocycles. The Kier molecular flexibility index (Phi) is 3.02. The summed E-state index contributed by atoms with van der Waals surface area (Å²) in [6.07, 6.45) is 1.69. The summed E-state index contributed by atoms with van der Waals surface area (Å²) in [7, 11) is 1.69. The molecule has 0 radical (unpaired) electrons.